The molecule has 1 unspecified atom stereocenters. The first-order valence-corrected chi connectivity index (χ1v) is 7.29. The molecule has 2 N–H and O–H groups in total. The van der Waals surface area contributed by atoms with Crippen molar-refractivity contribution in [3.05, 3.63) is 30.5 Å². The summed E-state index contributed by atoms with van der Waals surface area (Å²) in [5.41, 5.74) is 8.87. The van der Waals surface area contributed by atoms with Crippen LogP contribution < -0.4 is 10.6 Å². The number of rotatable bonds is 3. The number of nitrogens with zero attached hydrogens (tertiary/aromatic N) is 2. The first kappa shape index (κ1) is 13.2. The number of hydrogen-bond acceptors (Lipinski definition) is 4. The fraction of sp³-hybridized carbons (Fsp3) is 0.438. The Labute approximate surface area is 119 Å². The maximum absolute atomic E-state index is 6.02. The lowest BCUT2D eigenvalue weighted by molar-refractivity contribution is 0.0527. The minimum Gasteiger partial charge on any atom is -0.397 e. The van der Waals surface area contributed by atoms with Gasteiger partial charge in [-0.15, -0.1) is 0 Å². The predicted octanol–water partition coefficient (Wildman–Crippen LogP) is 2.82. The Balaban J connectivity index is 1.95. The molecule has 1 aliphatic rings. The monoisotopic (exact) mass is 271 g/mol. The number of nitrogen functional groups attached to an aromatic ring is 1. The molecule has 1 aliphatic heterocycles. The molecule has 4 heteroatoms. The Morgan fingerprint density at radius 1 is 1.40 bits per heavy atom. The highest BCUT2D eigenvalue weighted by atomic mass is 16.5. The Morgan fingerprint density at radius 3 is 3.15 bits per heavy atom. The standard InChI is InChI=1S/C16H21N3O/c1-2-20-12-5-4-10-19(11-12)15-8-7-14(17)16-13(15)6-3-9-18-16/h3,6-9,12H,2,4-5,10-11,17H2,1H3. The van der Waals surface area contributed by atoms with Crippen molar-refractivity contribution in [3.63, 3.8) is 0 Å². The largest absolute Gasteiger partial charge is 0.397 e. The molecule has 20 heavy (non-hydrogen) atoms. The molecule has 1 saturated heterocycles. The van der Waals surface area contributed by atoms with Gasteiger partial charge >= 0.3 is 0 Å². The van der Waals surface area contributed by atoms with Crippen molar-refractivity contribution in [1.29, 1.82) is 0 Å². The average molecular weight is 271 g/mol. The van der Waals surface area contributed by atoms with E-state index in [2.05, 4.69) is 28.9 Å². The smallest absolute Gasteiger partial charge is 0.0951 e. The van der Waals surface area contributed by atoms with E-state index in [9.17, 15) is 0 Å². The van der Waals surface area contributed by atoms with Crippen molar-refractivity contribution < 1.29 is 4.74 Å². The molecule has 2 heterocycles. The van der Waals surface area contributed by atoms with Crippen LogP contribution >= 0.6 is 0 Å². The van der Waals surface area contributed by atoms with Crippen LogP contribution in [0.4, 0.5) is 11.4 Å². The van der Waals surface area contributed by atoms with Gasteiger partial charge in [0.25, 0.3) is 0 Å². The molecule has 1 atom stereocenters. The third kappa shape index (κ3) is 2.43. The molecule has 0 saturated carbocycles. The number of piperidine rings is 1. The lowest BCUT2D eigenvalue weighted by Crippen LogP contribution is -2.39. The van der Waals surface area contributed by atoms with Crippen molar-refractivity contribution in [2.75, 3.05) is 30.3 Å². The van der Waals surface area contributed by atoms with Crippen LogP contribution in [0.1, 0.15) is 19.8 Å². The maximum atomic E-state index is 6.02. The van der Waals surface area contributed by atoms with Crippen LogP contribution in [0.2, 0.25) is 0 Å². The number of pyridine rings is 1. The van der Waals surface area contributed by atoms with E-state index < -0.39 is 0 Å². The molecular formula is C16H21N3O. The molecule has 0 aliphatic carbocycles. The number of aromatic nitrogens is 1. The average Bonchev–Trinajstić information content (AvgIpc) is 2.49. The summed E-state index contributed by atoms with van der Waals surface area (Å²) in [6.07, 6.45) is 4.44. The summed E-state index contributed by atoms with van der Waals surface area (Å²) < 4.78 is 5.79. The summed E-state index contributed by atoms with van der Waals surface area (Å²) in [6.45, 7) is 4.85. The second-order valence-electron chi connectivity index (χ2n) is 5.24. The number of ether oxygens (including phenoxy) is 1. The second-order valence-corrected chi connectivity index (χ2v) is 5.24. The van der Waals surface area contributed by atoms with E-state index in [4.69, 9.17) is 10.5 Å². The molecule has 1 aromatic heterocycles. The summed E-state index contributed by atoms with van der Waals surface area (Å²) in [5, 5.41) is 1.13. The molecular weight excluding hydrogens is 250 g/mol. The Kier molecular flexibility index (Phi) is 3.74. The third-order valence-corrected chi connectivity index (χ3v) is 3.90. The van der Waals surface area contributed by atoms with Gasteiger partial charge in [-0.25, -0.2) is 0 Å². The maximum Gasteiger partial charge on any atom is 0.0951 e. The highest BCUT2D eigenvalue weighted by Crippen LogP contribution is 2.31. The van der Waals surface area contributed by atoms with Gasteiger partial charge in [0.2, 0.25) is 0 Å². The summed E-state index contributed by atoms with van der Waals surface area (Å²) in [5.74, 6) is 0. The SMILES string of the molecule is CCOC1CCCN(c2ccc(N)c3ncccc23)C1. The lowest BCUT2D eigenvalue weighted by Gasteiger charge is -2.34. The van der Waals surface area contributed by atoms with Gasteiger partial charge in [-0.2, -0.15) is 0 Å². The number of hydrogen-bond donors (Lipinski definition) is 1. The van der Waals surface area contributed by atoms with Crippen LogP contribution in [0.3, 0.4) is 0 Å². The van der Waals surface area contributed by atoms with Crippen LogP contribution in [-0.4, -0.2) is 30.8 Å². The molecule has 106 valence electrons. The van der Waals surface area contributed by atoms with Gasteiger partial charge in [-0.05, 0) is 44.0 Å². The second kappa shape index (κ2) is 5.67. The zero-order valence-corrected chi connectivity index (χ0v) is 11.9. The first-order chi connectivity index (χ1) is 9.79. The van der Waals surface area contributed by atoms with E-state index >= 15 is 0 Å². The lowest BCUT2D eigenvalue weighted by atomic mass is 10.0. The molecule has 1 aromatic carbocycles. The van der Waals surface area contributed by atoms with Gasteiger partial charge in [0, 0.05) is 37.0 Å². The first-order valence-electron chi connectivity index (χ1n) is 7.29. The zero-order valence-electron chi connectivity index (χ0n) is 11.9. The minimum absolute atomic E-state index is 0.332. The van der Waals surface area contributed by atoms with Gasteiger partial charge in [-0.1, -0.05) is 0 Å². The van der Waals surface area contributed by atoms with Crippen molar-refractivity contribution in [1.82, 2.24) is 4.98 Å². The number of benzene rings is 1. The Hall–Kier alpha value is -1.81. The summed E-state index contributed by atoms with van der Waals surface area (Å²) in [7, 11) is 0. The Bertz CT molecular complexity index is 597. The van der Waals surface area contributed by atoms with E-state index in [1.807, 2.05) is 12.1 Å². The van der Waals surface area contributed by atoms with E-state index in [0.717, 1.165) is 49.1 Å². The molecule has 3 rings (SSSR count). The minimum atomic E-state index is 0.332. The van der Waals surface area contributed by atoms with Crippen LogP contribution in [0.5, 0.6) is 0 Å². The number of fused-ring (bicyclic) bond motifs is 1. The van der Waals surface area contributed by atoms with Crippen LogP contribution in [0.25, 0.3) is 10.9 Å². The van der Waals surface area contributed by atoms with Gasteiger partial charge in [0.15, 0.2) is 0 Å². The fourth-order valence-corrected chi connectivity index (χ4v) is 2.98. The van der Waals surface area contributed by atoms with E-state index in [1.54, 1.807) is 6.20 Å². The van der Waals surface area contributed by atoms with Crippen LogP contribution in [0.15, 0.2) is 30.5 Å². The molecule has 0 bridgehead atoms. The van der Waals surface area contributed by atoms with E-state index in [-0.39, 0.29) is 0 Å². The normalized spacial score (nSPS) is 19.4. The van der Waals surface area contributed by atoms with Crippen molar-refractivity contribution >= 4 is 22.3 Å². The van der Waals surface area contributed by atoms with E-state index in [1.165, 1.54) is 5.69 Å². The summed E-state index contributed by atoms with van der Waals surface area (Å²) in [6, 6.07) is 8.12. The highest BCUT2D eigenvalue weighted by Gasteiger charge is 2.21. The highest BCUT2D eigenvalue weighted by molar-refractivity contribution is 5.98. The van der Waals surface area contributed by atoms with Gasteiger partial charge in [0.1, 0.15) is 0 Å². The Morgan fingerprint density at radius 2 is 2.30 bits per heavy atom. The van der Waals surface area contributed by atoms with Crippen molar-refractivity contribution in [2.45, 2.75) is 25.9 Å². The summed E-state index contributed by atoms with van der Waals surface area (Å²) >= 11 is 0. The molecule has 0 spiro atoms. The molecule has 0 amide bonds. The summed E-state index contributed by atoms with van der Waals surface area (Å²) in [4.78, 5) is 6.80. The number of nitrogens with two attached hydrogens (primary N) is 1. The quantitative estimate of drug-likeness (QED) is 0.872. The van der Waals surface area contributed by atoms with Crippen molar-refractivity contribution in [2.24, 2.45) is 0 Å². The van der Waals surface area contributed by atoms with Gasteiger partial charge in [0.05, 0.1) is 17.3 Å². The molecule has 1 fully saturated rings. The van der Waals surface area contributed by atoms with Crippen LogP contribution in [-0.2, 0) is 4.74 Å². The number of anilines is 2. The van der Waals surface area contributed by atoms with Gasteiger partial charge < -0.3 is 15.4 Å². The molecule has 2 aromatic rings. The van der Waals surface area contributed by atoms with Crippen molar-refractivity contribution in [3.8, 4) is 0 Å². The predicted molar refractivity (Wildman–Crippen MR) is 83.0 cm³/mol. The third-order valence-electron chi connectivity index (χ3n) is 3.90. The van der Waals surface area contributed by atoms with E-state index in [0.29, 0.717) is 6.10 Å². The molecule has 0 radical (unpaired) electrons. The van der Waals surface area contributed by atoms with Crippen LogP contribution in [0, 0.1) is 0 Å². The fourth-order valence-electron chi connectivity index (χ4n) is 2.98. The molecule has 4 nitrogen and oxygen atoms in total. The zero-order chi connectivity index (χ0) is 13.9. The van der Waals surface area contributed by atoms with Gasteiger partial charge in [-0.3, -0.25) is 4.98 Å². The topological polar surface area (TPSA) is 51.4 Å².